The van der Waals surface area contributed by atoms with Crippen LogP contribution in [-0.4, -0.2) is 26.6 Å². The highest BCUT2D eigenvalue weighted by Crippen LogP contribution is 2.61. The number of fused-ring (bicyclic) bond motifs is 1. The van der Waals surface area contributed by atoms with Gasteiger partial charge in [-0.25, -0.2) is 9.31 Å². The Morgan fingerprint density at radius 2 is 1.85 bits per heavy atom. The van der Waals surface area contributed by atoms with Crippen molar-refractivity contribution in [2.24, 2.45) is 23.2 Å². The van der Waals surface area contributed by atoms with Gasteiger partial charge in [-0.2, -0.15) is 5.10 Å². The molecule has 2 aromatic rings. The SMILES string of the molecule is O=C(CC12CC3CC(CC(C3)C1)C2)Nc1cccn2nc(C(=O)O)cc12. The number of pyridine rings is 1. The molecule has 2 aromatic heterocycles. The minimum absolute atomic E-state index is 0.0206. The molecular weight excluding hydrogens is 330 g/mol. The number of hydrogen-bond acceptors (Lipinski definition) is 3. The molecule has 4 fully saturated rings. The third-order valence-corrected chi connectivity index (χ3v) is 6.70. The van der Waals surface area contributed by atoms with Gasteiger partial charge in [0.2, 0.25) is 5.91 Å². The number of nitrogens with one attached hydrogen (secondary N) is 1. The van der Waals surface area contributed by atoms with Gasteiger partial charge in [0.05, 0.1) is 11.2 Å². The molecule has 4 aliphatic rings. The Morgan fingerprint density at radius 3 is 2.46 bits per heavy atom. The molecule has 6 rings (SSSR count). The second kappa shape index (κ2) is 5.56. The van der Waals surface area contributed by atoms with Gasteiger partial charge in [0.25, 0.3) is 0 Å². The van der Waals surface area contributed by atoms with E-state index in [1.54, 1.807) is 18.3 Å². The summed E-state index contributed by atoms with van der Waals surface area (Å²) in [4.78, 5) is 24.0. The van der Waals surface area contributed by atoms with Crippen molar-refractivity contribution >= 4 is 23.1 Å². The van der Waals surface area contributed by atoms with Crippen molar-refractivity contribution < 1.29 is 14.7 Å². The van der Waals surface area contributed by atoms with Crippen molar-refractivity contribution in [3.05, 3.63) is 30.1 Å². The summed E-state index contributed by atoms with van der Waals surface area (Å²) in [6.45, 7) is 0. The molecule has 4 bridgehead atoms. The Balaban J connectivity index is 1.36. The van der Waals surface area contributed by atoms with E-state index in [0.29, 0.717) is 17.6 Å². The topological polar surface area (TPSA) is 83.7 Å². The van der Waals surface area contributed by atoms with E-state index in [2.05, 4.69) is 10.4 Å². The fourth-order valence-corrected chi connectivity index (χ4v) is 6.27. The number of rotatable bonds is 4. The second-order valence-corrected chi connectivity index (χ2v) is 8.73. The number of carboxylic acids is 1. The molecule has 2 N–H and O–H groups in total. The van der Waals surface area contributed by atoms with Crippen molar-refractivity contribution in [1.29, 1.82) is 0 Å². The van der Waals surface area contributed by atoms with Crippen LogP contribution >= 0.6 is 0 Å². The zero-order chi connectivity index (χ0) is 17.9. The Kier molecular flexibility index (Phi) is 3.39. The third-order valence-electron chi connectivity index (χ3n) is 6.70. The molecular formula is C20H23N3O3. The van der Waals surface area contributed by atoms with E-state index in [0.717, 1.165) is 17.8 Å². The van der Waals surface area contributed by atoms with E-state index < -0.39 is 5.97 Å². The van der Waals surface area contributed by atoms with E-state index in [4.69, 9.17) is 5.11 Å². The monoisotopic (exact) mass is 353 g/mol. The number of anilines is 1. The predicted molar refractivity (Wildman–Crippen MR) is 96.0 cm³/mol. The Labute approximate surface area is 151 Å². The number of aromatic carboxylic acids is 1. The maximum absolute atomic E-state index is 12.8. The zero-order valence-corrected chi connectivity index (χ0v) is 14.6. The maximum Gasteiger partial charge on any atom is 0.356 e. The maximum atomic E-state index is 12.8. The Hall–Kier alpha value is -2.37. The molecule has 0 spiro atoms. The molecule has 4 saturated carbocycles. The lowest BCUT2D eigenvalue weighted by Gasteiger charge is -2.56. The van der Waals surface area contributed by atoms with Crippen molar-refractivity contribution in [3.63, 3.8) is 0 Å². The Morgan fingerprint density at radius 1 is 1.19 bits per heavy atom. The predicted octanol–water partition coefficient (Wildman–Crippen LogP) is 3.58. The summed E-state index contributed by atoms with van der Waals surface area (Å²) in [6, 6.07) is 5.08. The minimum Gasteiger partial charge on any atom is -0.476 e. The number of hydrogen-bond donors (Lipinski definition) is 2. The van der Waals surface area contributed by atoms with E-state index >= 15 is 0 Å². The second-order valence-electron chi connectivity index (χ2n) is 8.73. The van der Waals surface area contributed by atoms with Gasteiger partial charge in [0.15, 0.2) is 5.69 Å². The molecule has 0 radical (unpaired) electrons. The van der Waals surface area contributed by atoms with Gasteiger partial charge in [-0.05, 0) is 73.8 Å². The number of amides is 1. The number of carboxylic acid groups (broad SMARTS) is 1. The summed E-state index contributed by atoms with van der Waals surface area (Å²) in [5, 5.41) is 16.2. The lowest BCUT2D eigenvalue weighted by molar-refractivity contribution is -0.124. The smallest absolute Gasteiger partial charge is 0.356 e. The van der Waals surface area contributed by atoms with Crippen LogP contribution < -0.4 is 5.32 Å². The van der Waals surface area contributed by atoms with Gasteiger partial charge in [0.1, 0.15) is 0 Å². The average molecular weight is 353 g/mol. The van der Waals surface area contributed by atoms with E-state index in [-0.39, 0.29) is 17.0 Å². The van der Waals surface area contributed by atoms with E-state index in [1.807, 2.05) is 0 Å². The van der Waals surface area contributed by atoms with Crippen molar-refractivity contribution in [2.75, 3.05) is 5.32 Å². The van der Waals surface area contributed by atoms with E-state index in [1.165, 1.54) is 49.1 Å². The van der Waals surface area contributed by atoms with Crippen LogP contribution in [0.4, 0.5) is 5.69 Å². The molecule has 0 saturated heterocycles. The average Bonchev–Trinajstić information content (AvgIpc) is 2.98. The number of carbonyl (C=O) groups excluding carboxylic acids is 1. The molecule has 6 nitrogen and oxygen atoms in total. The first-order valence-corrected chi connectivity index (χ1v) is 9.51. The van der Waals surface area contributed by atoms with Gasteiger partial charge in [-0.15, -0.1) is 0 Å². The van der Waals surface area contributed by atoms with E-state index in [9.17, 15) is 9.59 Å². The Bertz CT molecular complexity index is 866. The molecule has 1 amide bonds. The summed E-state index contributed by atoms with van der Waals surface area (Å²) in [5.41, 5.74) is 1.41. The van der Waals surface area contributed by atoms with Gasteiger partial charge in [0, 0.05) is 18.7 Å². The molecule has 136 valence electrons. The van der Waals surface area contributed by atoms with Crippen molar-refractivity contribution in [2.45, 2.75) is 44.9 Å². The fourth-order valence-electron chi connectivity index (χ4n) is 6.27. The highest BCUT2D eigenvalue weighted by Gasteiger charge is 2.51. The molecule has 0 unspecified atom stereocenters. The summed E-state index contributed by atoms with van der Waals surface area (Å²) >= 11 is 0. The van der Waals surface area contributed by atoms with Crippen LogP contribution in [0.2, 0.25) is 0 Å². The number of aromatic nitrogens is 2. The number of carbonyl (C=O) groups is 2. The first kappa shape index (κ1) is 15.9. The molecule has 0 aliphatic heterocycles. The molecule has 2 heterocycles. The van der Waals surface area contributed by atoms with Crippen LogP contribution in [0, 0.1) is 23.2 Å². The minimum atomic E-state index is -1.07. The summed E-state index contributed by atoms with van der Waals surface area (Å²) < 4.78 is 1.50. The molecule has 26 heavy (non-hydrogen) atoms. The van der Waals surface area contributed by atoms with Crippen molar-refractivity contribution in [3.8, 4) is 0 Å². The quantitative estimate of drug-likeness (QED) is 0.880. The van der Waals surface area contributed by atoms with Crippen LogP contribution in [0.15, 0.2) is 24.4 Å². The van der Waals surface area contributed by atoms with Gasteiger partial charge < -0.3 is 10.4 Å². The summed E-state index contributed by atoms with van der Waals surface area (Å²) in [5.74, 6) is 1.44. The fraction of sp³-hybridized carbons (Fsp3) is 0.550. The largest absolute Gasteiger partial charge is 0.476 e. The zero-order valence-electron chi connectivity index (χ0n) is 14.6. The molecule has 4 aliphatic carbocycles. The highest BCUT2D eigenvalue weighted by atomic mass is 16.4. The van der Waals surface area contributed by atoms with Gasteiger partial charge in [-0.3, -0.25) is 4.79 Å². The highest BCUT2D eigenvalue weighted by molar-refractivity contribution is 5.97. The third kappa shape index (κ3) is 2.59. The van der Waals surface area contributed by atoms with Crippen LogP contribution in [-0.2, 0) is 4.79 Å². The van der Waals surface area contributed by atoms with Gasteiger partial charge in [-0.1, -0.05) is 0 Å². The summed E-state index contributed by atoms with van der Waals surface area (Å²) in [7, 11) is 0. The first-order chi connectivity index (χ1) is 12.5. The normalized spacial score (nSPS) is 32.1. The molecule has 0 aromatic carbocycles. The number of nitrogens with zero attached hydrogens (tertiary/aromatic N) is 2. The van der Waals surface area contributed by atoms with Crippen LogP contribution in [0.25, 0.3) is 5.52 Å². The van der Waals surface area contributed by atoms with Crippen LogP contribution in [0.3, 0.4) is 0 Å². The lowest BCUT2D eigenvalue weighted by Crippen LogP contribution is -2.47. The summed E-state index contributed by atoms with van der Waals surface area (Å²) in [6.07, 6.45) is 9.98. The molecule has 0 atom stereocenters. The van der Waals surface area contributed by atoms with Gasteiger partial charge >= 0.3 is 5.97 Å². The molecule has 6 heteroatoms. The van der Waals surface area contributed by atoms with Crippen LogP contribution in [0.5, 0.6) is 0 Å². The first-order valence-electron chi connectivity index (χ1n) is 9.51. The lowest BCUT2D eigenvalue weighted by atomic mass is 9.49. The van der Waals surface area contributed by atoms with Crippen molar-refractivity contribution in [1.82, 2.24) is 9.61 Å². The van der Waals surface area contributed by atoms with Crippen LogP contribution in [0.1, 0.15) is 55.4 Å². The standard InChI is InChI=1S/C20H23N3O3/c24-18(11-20-8-12-4-13(9-20)6-14(5-12)10-20)21-15-2-1-3-23-17(15)7-16(22-23)19(25)26/h1-3,7,12-14H,4-6,8-11H2,(H,21,24)(H,25,26).